The highest BCUT2D eigenvalue weighted by molar-refractivity contribution is 6.32. The number of methoxy groups -OCH3 is 1. The van der Waals surface area contributed by atoms with Crippen LogP contribution < -0.4 is 15.4 Å². The van der Waals surface area contributed by atoms with Crippen LogP contribution in [0.15, 0.2) is 18.2 Å². The fourth-order valence-electron chi connectivity index (χ4n) is 1.37. The molecule has 0 spiro atoms. The molecular formula is C12H15ClN2O5. The number of amides is 2. The zero-order valence-corrected chi connectivity index (χ0v) is 11.5. The molecule has 20 heavy (non-hydrogen) atoms. The molecule has 0 aromatic heterocycles. The van der Waals surface area contributed by atoms with E-state index >= 15 is 0 Å². The van der Waals surface area contributed by atoms with Crippen molar-refractivity contribution in [1.29, 1.82) is 0 Å². The van der Waals surface area contributed by atoms with E-state index in [1.807, 2.05) is 0 Å². The minimum Gasteiger partial charge on any atom is -0.495 e. The molecule has 0 saturated carbocycles. The second-order valence-corrected chi connectivity index (χ2v) is 4.28. The molecule has 0 heterocycles. The third-order valence-corrected chi connectivity index (χ3v) is 2.69. The molecule has 4 N–H and O–H groups in total. The van der Waals surface area contributed by atoms with Crippen molar-refractivity contribution in [3.8, 4) is 5.75 Å². The maximum Gasteiger partial charge on any atom is 0.332 e. The number of carbonyl (C=O) groups is 2. The lowest BCUT2D eigenvalue weighted by molar-refractivity contribution is -0.146. The highest BCUT2D eigenvalue weighted by Crippen LogP contribution is 2.26. The molecule has 0 aliphatic heterocycles. The molecular weight excluding hydrogens is 288 g/mol. The number of anilines is 1. The fraction of sp³-hybridized carbons (Fsp3) is 0.333. The van der Waals surface area contributed by atoms with Crippen LogP contribution in [-0.4, -0.2) is 42.0 Å². The van der Waals surface area contributed by atoms with Crippen molar-refractivity contribution in [3.63, 3.8) is 0 Å². The number of rotatable bonds is 6. The predicted octanol–water partition coefficient (Wildman–Crippen LogP) is 1.31. The van der Waals surface area contributed by atoms with E-state index in [1.54, 1.807) is 12.1 Å². The summed E-state index contributed by atoms with van der Waals surface area (Å²) in [5, 5.41) is 22.8. The van der Waals surface area contributed by atoms with Crippen LogP contribution in [0.4, 0.5) is 10.5 Å². The third kappa shape index (κ3) is 4.94. The van der Waals surface area contributed by atoms with Crippen LogP contribution in [0.25, 0.3) is 0 Å². The first kappa shape index (κ1) is 16.1. The number of aliphatic carboxylic acids is 1. The summed E-state index contributed by atoms with van der Waals surface area (Å²) in [6, 6.07) is 4.21. The van der Waals surface area contributed by atoms with E-state index in [0.717, 1.165) is 0 Å². The standard InChI is InChI=1S/C12H15ClN2O5/c1-20-10-3-2-7(6-8(10)13)15-12(19)14-5-4-9(16)11(17)18/h2-3,6,9,16H,4-5H2,1H3,(H,17,18)(H2,14,15,19). The quantitative estimate of drug-likeness (QED) is 0.633. The molecule has 1 aromatic rings. The predicted molar refractivity (Wildman–Crippen MR) is 73.3 cm³/mol. The number of hydrogen-bond acceptors (Lipinski definition) is 4. The first-order valence-electron chi connectivity index (χ1n) is 5.73. The maximum absolute atomic E-state index is 11.5. The lowest BCUT2D eigenvalue weighted by Crippen LogP contribution is -2.33. The topological polar surface area (TPSA) is 108 Å². The second-order valence-electron chi connectivity index (χ2n) is 3.87. The van der Waals surface area contributed by atoms with E-state index in [-0.39, 0.29) is 13.0 Å². The van der Waals surface area contributed by atoms with Crippen LogP contribution in [0, 0.1) is 0 Å². The zero-order chi connectivity index (χ0) is 15.1. The first-order valence-corrected chi connectivity index (χ1v) is 6.11. The van der Waals surface area contributed by atoms with Crippen molar-refractivity contribution < 1.29 is 24.5 Å². The monoisotopic (exact) mass is 302 g/mol. The van der Waals surface area contributed by atoms with Crippen LogP contribution in [-0.2, 0) is 4.79 Å². The number of urea groups is 1. The van der Waals surface area contributed by atoms with Gasteiger partial charge in [-0.3, -0.25) is 0 Å². The van der Waals surface area contributed by atoms with Crippen molar-refractivity contribution in [2.24, 2.45) is 0 Å². The number of ether oxygens (including phenoxy) is 1. The average molecular weight is 303 g/mol. The molecule has 1 atom stereocenters. The molecule has 0 radical (unpaired) electrons. The van der Waals surface area contributed by atoms with Crippen LogP contribution >= 0.6 is 11.6 Å². The van der Waals surface area contributed by atoms with Gasteiger partial charge >= 0.3 is 12.0 Å². The Labute approximate surface area is 120 Å². The van der Waals surface area contributed by atoms with Crippen LogP contribution in [0.2, 0.25) is 5.02 Å². The maximum atomic E-state index is 11.5. The Morgan fingerprint density at radius 2 is 2.15 bits per heavy atom. The molecule has 0 saturated heterocycles. The van der Waals surface area contributed by atoms with E-state index in [9.17, 15) is 9.59 Å². The van der Waals surface area contributed by atoms with Gasteiger partial charge < -0.3 is 25.6 Å². The lowest BCUT2D eigenvalue weighted by Gasteiger charge is -2.10. The number of aliphatic hydroxyl groups excluding tert-OH is 1. The first-order chi connectivity index (χ1) is 9.43. The SMILES string of the molecule is COc1ccc(NC(=O)NCCC(O)C(=O)O)cc1Cl. The number of carboxylic acid groups (broad SMARTS) is 1. The third-order valence-electron chi connectivity index (χ3n) is 2.40. The molecule has 1 unspecified atom stereocenters. The van der Waals surface area contributed by atoms with Gasteiger partial charge in [0.05, 0.1) is 12.1 Å². The normalized spacial score (nSPS) is 11.6. The van der Waals surface area contributed by atoms with Gasteiger partial charge in [0, 0.05) is 18.7 Å². The van der Waals surface area contributed by atoms with Gasteiger partial charge in [0.1, 0.15) is 5.75 Å². The Hall–Kier alpha value is -1.99. The number of nitrogens with one attached hydrogen (secondary N) is 2. The number of hydrogen-bond donors (Lipinski definition) is 4. The van der Waals surface area contributed by atoms with Gasteiger partial charge in [-0.15, -0.1) is 0 Å². The van der Waals surface area contributed by atoms with Gasteiger partial charge in [-0.1, -0.05) is 11.6 Å². The van der Waals surface area contributed by atoms with E-state index in [2.05, 4.69) is 10.6 Å². The average Bonchev–Trinajstić information content (AvgIpc) is 2.38. The van der Waals surface area contributed by atoms with E-state index < -0.39 is 18.1 Å². The number of carbonyl (C=O) groups excluding carboxylic acids is 1. The molecule has 0 fully saturated rings. The minimum atomic E-state index is -1.49. The second kappa shape index (κ2) is 7.56. The Kier molecular flexibility index (Phi) is 6.08. The Balaban J connectivity index is 2.43. The molecule has 0 aliphatic rings. The minimum absolute atomic E-state index is 0.0309. The van der Waals surface area contributed by atoms with Crippen molar-refractivity contribution in [3.05, 3.63) is 23.2 Å². The van der Waals surface area contributed by atoms with E-state index in [1.165, 1.54) is 13.2 Å². The number of benzene rings is 1. The van der Waals surface area contributed by atoms with Crippen molar-refractivity contribution in [2.75, 3.05) is 19.0 Å². The number of carboxylic acids is 1. The van der Waals surface area contributed by atoms with Gasteiger partial charge in [0.15, 0.2) is 6.10 Å². The molecule has 8 heteroatoms. The van der Waals surface area contributed by atoms with Gasteiger partial charge in [0.2, 0.25) is 0 Å². The van der Waals surface area contributed by atoms with Crippen LogP contribution in [0.5, 0.6) is 5.75 Å². The summed E-state index contributed by atoms with van der Waals surface area (Å²) in [6.45, 7) is 0.0309. The van der Waals surface area contributed by atoms with E-state index in [0.29, 0.717) is 16.5 Å². The molecule has 0 aliphatic carbocycles. The smallest absolute Gasteiger partial charge is 0.332 e. The van der Waals surface area contributed by atoms with E-state index in [4.69, 9.17) is 26.6 Å². The Morgan fingerprint density at radius 1 is 1.45 bits per heavy atom. The van der Waals surface area contributed by atoms with Crippen LogP contribution in [0.1, 0.15) is 6.42 Å². The summed E-state index contributed by atoms with van der Waals surface area (Å²) in [5.74, 6) is -0.837. The Morgan fingerprint density at radius 3 is 2.70 bits per heavy atom. The Bertz CT molecular complexity index is 495. The van der Waals surface area contributed by atoms with Crippen molar-refractivity contribution >= 4 is 29.3 Å². The van der Waals surface area contributed by atoms with Gasteiger partial charge in [-0.2, -0.15) is 0 Å². The number of aliphatic hydroxyl groups is 1. The highest BCUT2D eigenvalue weighted by atomic mass is 35.5. The molecule has 1 aromatic carbocycles. The summed E-state index contributed by atoms with van der Waals surface area (Å²) in [5.41, 5.74) is 0.465. The number of halogens is 1. The van der Waals surface area contributed by atoms with Gasteiger partial charge in [-0.05, 0) is 18.2 Å². The summed E-state index contributed by atoms with van der Waals surface area (Å²) in [4.78, 5) is 21.9. The molecule has 2 amide bonds. The summed E-state index contributed by atoms with van der Waals surface area (Å²) in [6.07, 6.45) is -1.57. The zero-order valence-electron chi connectivity index (χ0n) is 10.7. The fourth-order valence-corrected chi connectivity index (χ4v) is 1.62. The lowest BCUT2D eigenvalue weighted by atomic mass is 10.2. The molecule has 7 nitrogen and oxygen atoms in total. The van der Waals surface area contributed by atoms with Crippen molar-refractivity contribution in [2.45, 2.75) is 12.5 Å². The van der Waals surface area contributed by atoms with Crippen LogP contribution in [0.3, 0.4) is 0 Å². The summed E-state index contributed by atoms with van der Waals surface area (Å²) < 4.78 is 4.97. The summed E-state index contributed by atoms with van der Waals surface area (Å²) in [7, 11) is 1.48. The molecule has 110 valence electrons. The highest BCUT2D eigenvalue weighted by Gasteiger charge is 2.13. The van der Waals surface area contributed by atoms with Gasteiger partial charge in [-0.25, -0.2) is 9.59 Å². The molecule has 0 bridgehead atoms. The summed E-state index contributed by atoms with van der Waals surface area (Å²) >= 11 is 5.90. The largest absolute Gasteiger partial charge is 0.495 e. The van der Waals surface area contributed by atoms with Gasteiger partial charge in [0.25, 0.3) is 0 Å². The molecule has 1 rings (SSSR count). The van der Waals surface area contributed by atoms with Crippen molar-refractivity contribution in [1.82, 2.24) is 5.32 Å².